The highest BCUT2D eigenvalue weighted by Gasteiger charge is 2.29. The summed E-state index contributed by atoms with van der Waals surface area (Å²) in [5.41, 5.74) is 0.962. The van der Waals surface area contributed by atoms with Gasteiger partial charge in [-0.1, -0.05) is 0 Å². The molecule has 0 aliphatic heterocycles. The van der Waals surface area contributed by atoms with Crippen molar-refractivity contribution in [1.29, 1.82) is 0 Å². The summed E-state index contributed by atoms with van der Waals surface area (Å²) in [6, 6.07) is 0. The number of hydrogen-bond acceptors (Lipinski definition) is 5. The molecule has 0 unspecified atom stereocenters. The predicted molar refractivity (Wildman–Crippen MR) is 71.8 cm³/mol. The maximum Gasteiger partial charge on any atom is 0.323 e. The molecule has 3 rings (SSSR count). The minimum atomic E-state index is -1.02. The smallest absolute Gasteiger partial charge is 0.323 e. The molecule has 2 heterocycles. The summed E-state index contributed by atoms with van der Waals surface area (Å²) in [6.07, 6.45) is 4.89. The average molecular weight is 289 g/mol. The summed E-state index contributed by atoms with van der Waals surface area (Å²) in [6.45, 7) is 1.91. The first-order valence-corrected chi connectivity index (χ1v) is 6.72. The van der Waals surface area contributed by atoms with E-state index in [4.69, 9.17) is 5.11 Å². The van der Waals surface area contributed by atoms with Gasteiger partial charge in [-0.3, -0.25) is 9.59 Å². The van der Waals surface area contributed by atoms with E-state index in [1.54, 1.807) is 6.92 Å². The zero-order valence-corrected chi connectivity index (χ0v) is 11.6. The zero-order valence-electron chi connectivity index (χ0n) is 11.6. The standard InChI is InChI=1S/C13H15N5O3/c1-8-10(4-14-13-15-7-16-18(8)13)12(21)17(6-11(19)20)5-9-2-3-9/h4,7,9H,2-3,5-6H2,1H3,(H,19,20). The van der Waals surface area contributed by atoms with Gasteiger partial charge >= 0.3 is 5.97 Å². The molecule has 1 fully saturated rings. The van der Waals surface area contributed by atoms with E-state index < -0.39 is 5.97 Å². The number of carboxylic acid groups (broad SMARTS) is 1. The Morgan fingerprint density at radius 2 is 2.19 bits per heavy atom. The summed E-state index contributed by atoms with van der Waals surface area (Å²) in [5.74, 6) is -0.518. The second-order valence-electron chi connectivity index (χ2n) is 5.25. The molecule has 2 aromatic heterocycles. The van der Waals surface area contributed by atoms with Gasteiger partial charge in [0, 0.05) is 12.7 Å². The zero-order chi connectivity index (χ0) is 15.0. The molecule has 0 spiro atoms. The molecule has 8 nitrogen and oxygen atoms in total. The molecule has 2 aromatic rings. The van der Waals surface area contributed by atoms with Crippen LogP contribution in [0.5, 0.6) is 0 Å². The normalized spacial score (nSPS) is 14.3. The lowest BCUT2D eigenvalue weighted by Gasteiger charge is -2.21. The van der Waals surface area contributed by atoms with Gasteiger partial charge in [0.2, 0.25) is 0 Å². The minimum Gasteiger partial charge on any atom is -0.480 e. The molecule has 1 aliphatic carbocycles. The lowest BCUT2D eigenvalue weighted by atomic mass is 10.2. The quantitative estimate of drug-likeness (QED) is 0.853. The van der Waals surface area contributed by atoms with Crippen LogP contribution in [0.4, 0.5) is 0 Å². The number of nitrogens with zero attached hydrogens (tertiary/aromatic N) is 5. The Balaban J connectivity index is 1.92. The molecule has 8 heteroatoms. The van der Waals surface area contributed by atoms with Crippen molar-refractivity contribution in [2.75, 3.05) is 13.1 Å². The number of fused-ring (bicyclic) bond motifs is 1. The highest BCUT2D eigenvalue weighted by Crippen LogP contribution is 2.30. The molecule has 0 saturated heterocycles. The van der Waals surface area contributed by atoms with Crippen LogP contribution >= 0.6 is 0 Å². The molecule has 0 atom stereocenters. The van der Waals surface area contributed by atoms with Crippen molar-refractivity contribution in [2.45, 2.75) is 19.8 Å². The number of hydrogen-bond donors (Lipinski definition) is 1. The van der Waals surface area contributed by atoms with Crippen LogP contribution in [-0.2, 0) is 4.79 Å². The van der Waals surface area contributed by atoms with Gasteiger partial charge in [-0.05, 0) is 25.7 Å². The number of aromatic nitrogens is 4. The highest BCUT2D eigenvalue weighted by molar-refractivity contribution is 5.96. The SMILES string of the molecule is Cc1c(C(=O)N(CC(=O)O)CC2CC2)cnc2ncnn12. The molecule has 0 bridgehead atoms. The summed E-state index contributed by atoms with van der Waals surface area (Å²) < 4.78 is 1.48. The van der Waals surface area contributed by atoms with Gasteiger partial charge in [-0.15, -0.1) is 0 Å². The van der Waals surface area contributed by atoms with Crippen LogP contribution in [0.25, 0.3) is 5.78 Å². The lowest BCUT2D eigenvalue weighted by molar-refractivity contribution is -0.137. The highest BCUT2D eigenvalue weighted by atomic mass is 16.4. The van der Waals surface area contributed by atoms with Crippen LogP contribution in [0.1, 0.15) is 28.9 Å². The van der Waals surface area contributed by atoms with Crippen LogP contribution in [0.2, 0.25) is 0 Å². The second kappa shape index (κ2) is 5.12. The number of carboxylic acids is 1. The van der Waals surface area contributed by atoms with Crippen LogP contribution in [0, 0.1) is 12.8 Å². The molecule has 21 heavy (non-hydrogen) atoms. The first-order chi connectivity index (χ1) is 10.1. The minimum absolute atomic E-state index is 0.301. The van der Waals surface area contributed by atoms with E-state index in [1.165, 1.54) is 21.9 Å². The third kappa shape index (κ3) is 2.69. The Kier molecular flexibility index (Phi) is 3.28. The molecule has 110 valence electrons. The molecule has 1 amide bonds. The maximum atomic E-state index is 12.6. The average Bonchev–Trinajstić information content (AvgIpc) is 3.11. The number of amides is 1. The first-order valence-electron chi connectivity index (χ1n) is 6.72. The summed E-state index contributed by atoms with van der Waals surface area (Å²) in [4.78, 5) is 33.0. The third-order valence-electron chi connectivity index (χ3n) is 3.57. The van der Waals surface area contributed by atoms with Crippen molar-refractivity contribution < 1.29 is 14.7 Å². The predicted octanol–water partition coefficient (Wildman–Crippen LogP) is 0.370. The molecule has 1 N–H and O–H groups in total. The molecule has 1 aliphatic rings. The van der Waals surface area contributed by atoms with E-state index in [0.29, 0.717) is 29.5 Å². The number of rotatable bonds is 5. The first kappa shape index (κ1) is 13.5. The van der Waals surface area contributed by atoms with Crippen LogP contribution in [0.3, 0.4) is 0 Å². The lowest BCUT2D eigenvalue weighted by Crippen LogP contribution is -2.37. The van der Waals surface area contributed by atoms with Crippen molar-refractivity contribution in [2.24, 2.45) is 5.92 Å². The maximum absolute atomic E-state index is 12.6. The number of aliphatic carboxylic acids is 1. The number of aryl methyl sites for hydroxylation is 1. The molecule has 1 saturated carbocycles. The van der Waals surface area contributed by atoms with Gasteiger partial charge in [0.15, 0.2) is 0 Å². The van der Waals surface area contributed by atoms with Gasteiger partial charge < -0.3 is 10.0 Å². The van der Waals surface area contributed by atoms with Crippen molar-refractivity contribution in [3.05, 3.63) is 23.8 Å². The van der Waals surface area contributed by atoms with Crippen molar-refractivity contribution in [1.82, 2.24) is 24.5 Å². The van der Waals surface area contributed by atoms with Crippen molar-refractivity contribution in [3.63, 3.8) is 0 Å². The molecule has 0 aromatic carbocycles. The van der Waals surface area contributed by atoms with Crippen molar-refractivity contribution in [3.8, 4) is 0 Å². The fourth-order valence-corrected chi connectivity index (χ4v) is 2.26. The molecule has 0 radical (unpaired) electrons. The van der Waals surface area contributed by atoms with E-state index in [0.717, 1.165) is 12.8 Å². The fraction of sp³-hybridized carbons (Fsp3) is 0.462. The van der Waals surface area contributed by atoms with Gasteiger partial charge in [0.1, 0.15) is 12.9 Å². The van der Waals surface area contributed by atoms with Crippen LogP contribution in [-0.4, -0.2) is 54.6 Å². The number of carbonyl (C=O) groups excluding carboxylic acids is 1. The summed E-state index contributed by atoms with van der Waals surface area (Å²) in [7, 11) is 0. The Labute approximate surface area is 120 Å². The number of carbonyl (C=O) groups is 2. The van der Waals surface area contributed by atoms with Crippen LogP contribution < -0.4 is 0 Å². The van der Waals surface area contributed by atoms with E-state index in [9.17, 15) is 9.59 Å². The second-order valence-corrected chi connectivity index (χ2v) is 5.25. The molecular formula is C13H15N5O3. The van der Waals surface area contributed by atoms with Gasteiger partial charge in [0.05, 0.1) is 11.3 Å². The monoisotopic (exact) mass is 289 g/mol. The van der Waals surface area contributed by atoms with Gasteiger partial charge in [0.25, 0.3) is 11.7 Å². The van der Waals surface area contributed by atoms with E-state index in [1.807, 2.05) is 0 Å². The van der Waals surface area contributed by atoms with Gasteiger partial charge in [-0.25, -0.2) is 9.50 Å². The summed E-state index contributed by atoms with van der Waals surface area (Å²) in [5, 5.41) is 13.0. The Bertz CT molecular complexity index is 707. The fourth-order valence-electron chi connectivity index (χ4n) is 2.26. The van der Waals surface area contributed by atoms with E-state index in [2.05, 4.69) is 15.1 Å². The van der Waals surface area contributed by atoms with Crippen molar-refractivity contribution >= 4 is 17.7 Å². The Morgan fingerprint density at radius 1 is 1.43 bits per heavy atom. The Morgan fingerprint density at radius 3 is 2.86 bits per heavy atom. The van der Waals surface area contributed by atoms with Crippen LogP contribution in [0.15, 0.2) is 12.5 Å². The summed E-state index contributed by atoms with van der Waals surface area (Å²) >= 11 is 0. The topological polar surface area (TPSA) is 101 Å². The Hall–Kier alpha value is -2.51. The van der Waals surface area contributed by atoms with E-state index in [-0.39, 0.29) is 12.5 Å². The van der Waals surface area contributed by atoms with E-state index >= 15 is 0 Å². The van der Waals surface area contributed by atoms with Gasteiger partial charge in [-0.2, -0.15) is 10.1 Å². The third-order valence-corrected chi connectivity index (χ3v) is 3.57. The molecular weight excluding hydrogens is 274 g/mol. The largest absolute Gasteiger partial charge is 0.480 e.